The van der Waals surface area contributed by atoms with E-state index in [0.717, 1.165) is 4.90 Å². The molecule has 0 saturated heterocycles. The second-order valence-corrected chi connectivity index (χ2v) is 3.93. The second kappa shape index (κ2) is 6.56. The maximum absolute atomic E-state index is 12.3. The minimum atomic E-state index is -2.62. The third kappa shape index (κ3) is 4.32. The summed E-state index contributed by atoms with van der Waals surface area (Å²) in [6, 6.07) is 6.33. The zero-order valence-electron chi connectivity index (χ0n) is 9.01. The van der Waals surface area contributed by atoms with Crippen molar-refractivity contribution < 1.29 is 18.7 Å². The van der Waals surface area contributed by atoms with E-state index < -0.39 is 18.9 Å². The fourth-order valence-corrected chi connectivity index (χ4v) is 1.61. The number of rotatable bonds is 5. The molecule has 1 aromatic carbocycles. The number of carbonyl (C=O) groups excluding carboxylic acids is 1. The Morgan fingerprint density at radius 3 is 2.71 bits per heavy atom. The summed E-state index contributed by atoms with van der Waals surface area (Å²) in [7, 11) is 0. The number of halogens is 2. The summed E-state index contributed by atoms with van der Waals surface area (Å²) >= 11 is 4.07. The number of hydrogen-bond donors (Lipinski definition) is 2. The van der Waals surface area contributed by atoms with Crippen LogP contribution in [0, 0.1) is 0 Å². The van der Waals surface area contributed by atoms with Crippen LogP contribution >= 0.6 is 12.6 Å². The van der Waals surface area contributed by atoms with Crippen LogP contribution in [-0.2, 0) is 0 Å². The first-order chi connectivity index (χ1) is 8.04. The molecule has 1 aromatic rings. The largest absolute Gasteiger partial charge is 0.395 e. The summed E-state index contributed by atoms with van der Waals surface area (Å²) < 4.78 is 24.5. The van der Waals surface area contributed by atoms with E-state index in [1.54, 1.807) is 12.1 Å². The van der Waals surface area contributed by atoms with Gasteiger partial charge in [0.1, 0.15) is 0 Å². The second-order valence-electron chi connectivity index (χ2n) is 3.42. The highest BCUT2D eigenvalue weighted by Gasteiger charge is 2.19. The van der Waals surface area contributed by atoms with E-state index in [4.69, 9.17) is 5.11 Å². The number of amides is 1. The maximum Gasteiger partial charge on any atom is 0.255 e. The Labute approximate surface area is 103 Å². The van der Waals surface area contributed by atoms with Crippen LogP contribution in [0.5, 0.6) is 0 Å². The summed E-state index contributed by atoms with van der Waals surface area (Å²) in [4.78, 5) is 13.4. The lowest BCUT2D eigenvalue weighted by molar-refractivity contribution is 0.0509. The summed E-state index contributed by atoms with van der Waals surface area (Å²) in [5, 5.41) is 8.75. The van der Waals surface area contributed by atoms with Gasteiger partial charge in [0.25, 0.3) is 12.3 Å². The Morgan fingerprint density at radius 1 is 1.47 bits per heavy atom. The van der Waals surface area contributed by atoms with Gasteiger partial charge in [0.2, 0.25) is 0 Å². The number of aliphatic hydroxyl groups excluding tert-OH is 1. The molecule has 0 bridgehead atoms. The summed E-state index contributed by atoms with van der Waals surface area (Å²) in [5.41, 5.74) is 0.284. The molecular formula is C11H13F2NO2S. The zero-order valence-corrected chi connectivity index (χ0v) is 9.91. The van der Waals surface area contributed by atoms with E-state index in [-0.39, 0.29) is 18.7 Å². The third-order valence-corrected chi connectivity index (χ3v) is 2.39. The Balaban J connectivity index is 2.83. The van der Waals surface area contributed by atoms with Crippen molar-refractivity contribution in [3.8, 4) is 0 Å². The van der Waals surface area contributed by atoms with Gasteiger partial charge in [0.15, 0.2) is 0 Å². The Hall–Kier alpha value is -1.14. The van der Waals surface area contributed by atoms with E-state index in [2.05, 4.69) is 12.6 Å². The van der Waals surface area contributed by atoms with E-state index in [0.29, 0.717) is 4.90 Å². The van der Waals surface area contributed by atoms with Gasteiger partial charge in [-0.25, -0.2) is 8.78 Å². The van der Waals surface area contributed by atoms with Gasteiger partial charge in [-0.1, -0.05) is 6.07 Å². The van der Waals surface area contributed by atoms with E-state index in [1.807, 2.05) is 0 Å². The van der Waals surface area contributed by atoms with Crippen LogP contribution < -0.4 is 0 Å². The van der Waals surface area contributed by atoms with Crippen molar-refractivity contribution in [3.63, 3.8) is 0 Å². The van der Waals surface area contributed by atoms with Crippen LogP contribution in [0.3, 0.4) is 0 Å². The molecule has 6 heteroatoms. The molecule has 0 atom stereocenters. The molecule has 0 aliphatic rings. The molecule has 3 nitrogen and oxygen atoms in total. The molecule has 0 radical (unpaired) electrons. The van der Waals surface area contributed by atoms with Crippen molar-refractivity contribution in [2.45, 2.75) is 11.3 Å². The molecule has 0 saturated carbocycles. The molecule has 0 aromatic heterocycles. The van der Waals surface area contributed by atoms with Crippen molar-refractivity contribution in [1.29, 1.82) is 0 Å². The number of nitrogens with zero attached hydrogens (tertiary/aromatic N) is 1. The highest BCUT2D eigenvalue weighted by Crippen LogP contribution is 2.12. The monoisotopic (exact) mass is 261 g/mol. The van der Waals surface area contributed by atoms with Crippen LogP contribution in [0.15, 0.2) is 29.2 Å². The molecule has 0 heterocycles. The number of hydrogen-bond acceptors (Lipinski definition) is 3. The summed E-state index contributed by atoms with van der Waals surface area (Å²) in [6.45, 7) is -1.14. The predicted molar refractivity (Wildman–Crippen MR) is 62.7 cm³/mol. The van der Waals surface area contributed by atoms with Crippen molar-refractivity contribution in [2.24, 2.45) is 0 Å². The quantitative estimate of drug-likeness (QED) is 0.792. The lowest BCUT2D eigenvalue weighted by atomic mass is 10.2. The molecule has 1 amide bonds. The van der Waals surface area contributed by atoms with E-state index in [1.165, 1.54) is 12.1 Å². The number of alkyl halides is 2. The first kappa shape index (κ1) is 13.9. The van der Waals surface area contributed by atoms with Gasteiger partial charge >= 0.3 is 0 Å². The molecule has 1 N–H and O–H groups in total. The van der Waals surface area contributed by atoms with E-state index in [9.17, 15) is 13.6 Å². The third-order valence-electron chi connectivity index (χ3n) is 2.11. The van der Waals surface area contributed by atoms with Gasteiger partial charge in [-0.05, 0) is 18.2 Å². The number of carbonyl (C=O) groups is 1. The normalized spacial score (nSPS) is 10.6. The first-order valence-electron chi connectivity index (χ1n) is 5.02. The maximum atomic E-state index is 12.3. The molecular weight excluding hydrogens is 248 g/mol. The molecule has 17 heavy (non-hydrogen) atoms. The van der Waals surface area contributed by atoms with Gasteiger partial charge in [-0.15, -0.1) is 12.6 Å². The highest BCUT2D eigenvalue weighted by molar-refractivity contribution is 7.80. The van der Waals surface area contributed by atoms with Crippen LogP contribution in [0.25, 0.3) is 0 Å². The Morgan fingerprint density at radius 2 is 2.18 bits per heavy atom. The average molecular weight is 261 g/mol. The lowest BCUT2D eigenvalue weighted by Crippen LogP contribution is -2.37. The molecule has 1 rings (SSSR count). The lowest BCUT2D eigenvalue weighted by Gasteiger charge is -2.21. The average Bonchev–Trinajstić information content (AvgIpc) is 2.27. The van der Waals surface area contributed by atoms with Gasteiger partial charge in [0, 0.05) is 17.0 Å². The highest BCUT2D eigenvalue weighted by atomic mass is 32.1. The van der Waals surface area contributed by atoms with Crippen molar-refractivity contribution in [1.82, 2.24) is 4.90 Å². The summed E-state index contributed by atoms with van der Waals surface area (Å²) in [6.07, 6.45) is -2.62. The molecule has 0 aliphatic carbocycles. The van der Waals surface area contributed by atoms with Gasteiger partial charge in [-0.2, -0.15) is 0 Å². The topological polar surface area (TPSA) is 40.5 Å². The minimum Gasteiger partial charge on any atom is -0.395 e. The smallest absolute Gasteiger partial charge is 0.255 e. The van der Waals surface area contributed by atoms with Crippen molar-refractivity contribution >= 4 is 18.5 Å². The van der Waals surface area contributed by atoms with Gasteiger partial charge in [0.05, 0.1) is 13.2 Å². The van der Waals surface area contributed by atoms with Crippen LogP contribution in [0.4, 0.5) is 8.78 Å². The number of thiol groups is 1. The SMILES string of the molecule is O=C(c1cccc(S)c1)N(CCO)CC(F)F. The van der Waals surface area contributed by atoms with Crippen molar-refractivity contribution in [2.75, 3.05) is 19.7 Å². The van der Waals surface area contributed by atoms with Crippen LogP contribution in [0.2, 0.25) is 0 Å². The fraction of sp³-hybridized carbons (Fsp3) is 0.364. The fourth-order valence-electron chi connectivity index (χ4n) is 1.38. The molecule has 0 aliphatic heterocycles. The molecule has 0 fully saturated rings. The Bertz CT molecular complexity index is 387. The number of benzene rings is 1. The van der Waals surface area contributed by atoms with Crippen molar-refractivity contribution in [3.05, 3.63) is 29.8 Å². The molecule has 0 unspecified atom stereocenters. The standard InChI is InChI=1S/C11H13F2NO2S/c12-10(13)7-14(4-5-15)11(16)8-2-1-3-9(17)6-8/h1-3,6,10,15,17H,4-5,7H2. The number of aliphatic hydroxyl groups is 1. The van der Waals surface area contributed by atoms with Crippen LogP contribution in [0.1, 0.15) is 10.4 Å². The molecule has 94 valence electrons. The van der Waals surface area contributed by atoms with E-state index >= 15 is 0 Å². The van der Waals surface area contributed by atoms with Gasteiger partial charge < -0.3 is 10.0 Å². The van der Waals surface area contributed by atoms with Crippen LogP contribution in [-0.4, -0.2) is 42.0 Å². The molecule has 0 spiro atoms. The zero-order chi connectivity index (χ0) is 12.8. The summed E-state index contributed by atoms with van der Waals surface area (Å²) in [5.74, 6) is -0.532. The minimum absolute atomic E-state index is 0.111. The van der Waals surface area contributed by atoms with Gasteiger partial charge in [-0.3, -0.25) is 4.79 Å². The Kier molecular flexibility index (Phi) is 5.37. The predicted octanol–water partition coefficient (Wildman–Crippen LogP) is 1.67. The first-order valence-corrected chi connectivity index (χ1v) is 5.46.